The number of nitrogens with one attached hydrogen (secondary N) is 1. The molecule has 1 aliphatic rings. The van der Waals surface area contributed by atoms with Crippen LogP contribution < -0.4 is 5.32 Å². The number of amides is 1. The van der Waals surface area contributed by atoms with Crippen LogP contribution in [0.1, 0.15) is 24.0 Å². The van der Waals surface area contributed by atoms with Gasteiger partial charge in [0.05, 0.1) is 5.92 Å². The molecular formula is C15H22N2O. The number of carbonyl (C=O) groups is 1. The minimum absolute atomic E-state index is 0.128. The van der Waals surface area contributed by atoms with Crippen LogP contribution >= 0.6 is 0 Å². The molecule has 1 aromatic rings. The highest BCUT2D eigenvalue weighted by Gasteiger charge is 2.24. The predicted molar refractivity (Wildman–Crippen MR) is 74.8 cm³/mol. The predicted octanol–water partition coefficient (Wildman–Crippen LogP) is 2.58. The number of carbonyl (C=O) groups excluding carboxylic acids is 1. The summed E-state index contributed by atoms with van der Waals surface area (Å²) in [6.45, 7) is 6.05. The molecule has 3 heteroatoms. The molecule has 1 saturated heterocycles. The number of likely N-dealkylation sites (tertiary alicyclic amines) is 1. The highest BCUT2D eigenvalue weighted by Crippen LogP contribution is 2.20. The summed E-state index contributed by atoms with van der Waals surface area (Å²) in [5, 5.41) is 3.08. The van der Waals surface area contributed by atoms with Crippen molar-refractivity contribution in [2.45, 2.75) is 26.7 Å². The SMILES string of the molecule is Cc1ccc(C)c(NC(=O)[C@@H]2CCCN(C)C2)c1. The number of nitrogens with zero attached hydrogens (tertiary/aromatic N) is 1. The van der Waals surface area contributed by atoms with E-state index in [1.165, 1.54) is 5.56 Å². The van der Waals surface area contributed by atoms with E-state index in [9.17, 15) is 4.79 Å². The summed E-state index contributed by atoms with van der Waals surface area (Å²) in [7, 11) is 2.08. The van der Waals surface area contributed by atoms with Gasteiger partial charge in [-0.1, -0.05) is 12.1 Å². The first-order valence-electron chi connectivity index (χ1n) is 6.63. The minimum atomic E-state index is 0.128. The largest absolute Gasteiger partial charge is 0.326 e. The first-order valence-corrected chi connectivity index (χ1v) is 6.63. The lowest BCUT2D eigenvalue weighted by molar-refractivity contribution is -0.121. The third-order valence-corrected chi connectivity index (χ3v) is 3.65. The molecule has 1 aromatic carbocycles. The average molecular weight is 246 g/mol. The van der Waals surface area contributed by atoms with E-state index in [1.54, 1.807) is 0 Å². The molecule has 0 unspecified atom stereocenters. The molecule has 1 heterocycles. The van der Waals surface area contributed by atoms with Gasteiger partial charge in [0.25, 0.3) is 0 Å². The van der Waals surface area contributed by atoms with Crippen LogP contribution in [0.15, 0.2) is 18.2 Å². The molecule has 98 valence electrons. The maximum absolute atomic E-state index is 12.2. The van der Waals surface area contributed by atoms with E-state index in [0.29, 0.717) is 0 Å². The molecule has 0 bridgehead atoms. The Balaban J connectivity index is 2.04. The highest BCUT2D eigenvalue weighted by molar-refractivity contribution is 5.93. The fourth-order valence-corrected chi connectivity index (χ4v) is 2.49. The van der Waals surface area contributed by atoms with Gasteiger partial charge < -0.3 is 10.2 Å². The Kier molecular flexibility index (Phi) is 4.02. The number of piperidine rings is 1. The van der Waals surface area contributed by atoms with E-state index in [1.807, 2.05) is 19.9 Å². The molecule has 0 radical (unpaired) electrons. The number of hydrogen-bond donors (Lipinski definition) is 1. The molecule has 0 saturated carbocycles. The summed E-state index contributed by atoms with van der Waals surface area (Å²) in [6.07, 6.45) is 2.11. The summed E-state index contributed by atoms with van der Waals surface area (Å²) in [5.74, 6) is 0.291. The van der Waals surface area contributed by atoms with Gasteiger partial charge in [0.15, 0.2) is 0 Å². The fourth-order valence-electron chi connectivity index (χ4n) is 2.49. The number of aryl methyl sites for hydroxylation is 2. The molecule has 0 aliphatic carbocycles. The number of hydrogen-bond acceptors (Lipinski definition) is 2. The summed E-state index contributed by atoms with van der Waals surface area (Å²) in [6, 6.07) is 6.16. The molecule has 3 nitrogen and oxygen atoms in total. The first-order chi connectivity index (χ1) is 8.56. The summed E-state index contributed by atoms with van der Waals surface area (Å²) in [5.41, 5.74) is 3.25. The van der Waals surface area contributed by atoms with Crippen LogP contribution in [-0.4, -0.2) is 30.9 Å². The van der Waals surface area contributed by atoms with Gasteiger partial charge in [-0.05, 0) is 57.5 Å². The second-order valence-corrected chi connectivity index (χ2v) is 5.41. The Morgan fingerprint density at radius 3 is 2.89 bits per heavy atom. The van der Waals surface area contributed by atoms with Crippen LogP contribution in [0.3, 0.4) is 0 Å². The van der Waals surface area contributed by atoms with Gasteiger partial charge in [-0.25, -0.2) is 0 Å². The maximum Gasteiger partial charge on any atom is 0.228 e. The van der Waals surface area contributed by atoms with Crippen LogP contribution in [-0.2, 0) is 4.79 Å². The number of benzene rings is 1. The zero-order valence-electron chi connectivity index (χ0n) is 11.5. The zero-order valence-corrected chi connectivity index (χ0v) is 11.5. The Labute approximate surface area is 109 Å². The maximum atomic E-state index is 12.2. The van der Waals surface area contributed by atoms with Crippen molar-refractivity contribution >= 4 is 11.6 Å². The van der Waals surface area contributed by atoms with Gasteiger partial charge in [-0.2, -0.15) is 0 Å². The van der Waals surface area contributed by atoms with Crippen LogP contribution in [0.5, 0.6) is 0 Å². The molecule has 1 amide bonds. The molecular weight excluding hydrogens is 224 g/mol. The van der Waals surface area contributed by atoms with Crippen molar-refractivity contribution in [2.75, 3.05) is 25.5 Å². The Hall–Kier alpha value is -1.35. The minimum Gasteiger partial charge on any atom is -0.326 e. The van der Waals surface area contributed by atoms with Crippen molar-refractivity contribution in [2.24, 2.45) is 5.92 Å². The second-order valence-electron chi connectivity index (χ2n) is 5.41. The third-order valence-electron chi connectivity index (χ3n) is 3.65. The Morgan fingerprint density at radius 2 is 2.17 bits per heavy atom. The van der Waals surface area contributed by atoms with Crippen molar-refractivity contribution in [1.82, 2.24) is 4.90 Å². The van der Waals surface area contributed by atoms with E-state index < -0.39 is 0 Å². The second kappa shape index (κ2) is 5.53. The number of rotatable bonds is 2. The van der Waals surface area contributed by atoms with Crippen LogP contribution in [0.2, 0.25) is 0 Å². The topological polar surface area (TPSA) is 32.3 Å². The quantitative estimate of drug-likeness (QED) is 0.870. The molecule has 2 rings (SSSR count). The van der Waals surface area contributed by atoms with Crippen LogP contribution in [0.4, 0.5) is 5.69 Å². The molecule has 1 fully saturated rings. The van der Waals surface area contributed by atoms with Crippen molar-refractivity contribution in [3.05, 3.63) is 29.3 Å². The lowest BCUT2D eigenvalue weighted by Crippen LogP contribution is -2.38. The third kappa shape index (κ3) is 3.10. The van der Waals surface area contributed by atoms with Crippen LogP contribution in [0.25, 0.3) is 0 Å². The van der Waals surface area contributed by atoms with Crippen molar-refractivity contribution in [3.63, 3.8) is 0 Å². The monoisotopic (exact) mass is 246 g/mol. The number of anilines is 1. The van der Waals surface area contributed by atoms with E-state index in [-0.39, 0.29) is 11.8 Å². The highest BCUT2D eigenvalue weighted by atomic mass is 16.1. The Morgan fingerprint density at radius 1 is 1.39 bits per heavy atom. The molecule has 1 N–H and O–H groups in total. The fraction of sp³-hybridized carbons (Fsp3) is 0.533. The molecule has 1 aliphatic heterocycles. The van der Waals surface area contributed by atoms with Crippen molar-refractivity contribution < 1.29 is 4.79 Å². The van der Waals surface area contributed by atoms with Crippen LogP contribution in [0, 0.1) is 19.8 Å². The van der Waals surface area contributed by atoms with E-state index >= 15 is 0 Å². The summed E-state index contributed by atoms with van der Waals surface area (Å²) < 4.78 is 0. The standard InChI is InChI=1S/C15H22N2O/c1-11-6-7-12(2)14(9-11)16-15(18)13-5-4-8-17(3)10-13/h6-7,9,13H,4-5,8,10H2,1-3H3,(H,16,18)/t13-/m1/s1. The van der Waals surface area contributed by atoms with Gasteiger partial charge in [0.2, 0.25) is 5.91 Å². The van der Waals surface area contributed by atoms with Gasteiger partial charge in [-0.3, -0.25) is 4.79 Å². The van der Waals surface area contributed by atoms with Crippen molar-refractivity contribution in [3.8, 4) is 0 Å². The van der Waals surface area contributed by atoms with Gasteiger partial charge in [0.1, 0.15) is 0 Å². The first kappa shape index (κ1) is 13.1. The van der Waals surface area contributed by atoms with Gasteiger partial charge in [0, 0.05) is 12.2 Å². The normalized spacial score (nSPS) is 20.7. The van der Waals surface area contributed by atoms with Gasteiger partial charge in [-0.15, -0.1) is 0 Å². The lowest BCUT2D eigenvalue weighted by atomic mass is 9.97. The molecule has 18 heavy (non-hydrogen) atoms. The lowest BCUT2D eigenvalue weighted by Gasteiger charge is -2.28. The Bertz CT molecular complexity index is 442. The smallest absolute Gasteiger partial charge is 0.228 e. The zero-order chi connectivity index (χ0) is 13.1. The van der Waals surface area contributed by atoms with Gasteiger partial charge >= 0.3 is 0 Å². The average Bonchev–Trinajstić information content (AvgIpc) is 2.34. The summed E-state index contributed by atoms with van der Waals surface area (Å²) >= 11 is 0. The van der Waals surface area contributed by atoms with Crippen molar-refractivity contribution in [1.29, 1.82) is 0 Å². The van der Waals surface area contributed by atoms with E-state index in [0.717, 1.165) is 37.2 Å². The van der Waals surface area contributed by atoms with E-state index in [2.05, 4.69) is 29.4 Å². The molecule has 0 spiro atoms. The summed E-state index contributed by atoms with van der Waals surface area (Å²) in [4.78, 5) is 14.5. The molecule has 1 atom stereocenters. The van der Waals surface area contributed by atoms with E-state index in [4.69, 9.17) is 0 Å². The molecule has 0 aromatic heterocycles.